The zero-order valence-corrected chi connectivity index (χ0v) is 13.4. The molecular weight excluding hydrogens is 322 g/mol. The normalized spacial score (nSPS) is 21.5. The summed E-state index contributed by atoms with van der Waals surface area (Å²) < 4.78 is 6.24. The summed E-state index contributed by atoms with van der Waals surface area (Å²) in [6, 6.07) is 5.48. The van der Waals surface area contributed by atoms with Crippen molar-refractivity contribution in [3.63, 3.8) is 0 Å². The van der Waals surface area contributed by atoms with Gasteiger partial charge < -0.3 is 9.64 Å². The monoisotopic (exact) mass is 337 g/mol. The van der Waals surface area contributed by atoms with Gasteiger partial charge in [0.05, 0.1) is 12.3 Å². The molecule has 2 saturated heterocycles. The van der Waals surface area contributed by atoms with Gasteiger partial charge in [0.25, 0.3) is 0 Å². The Morgan fingerprint density at radius 1 is 1.50 bits per heavy atom. The van der Waals surface area contributed by atoms with E-state index in [2.05, 4.69) is 4.98 Å². The molecule has 0 saturated carbocycles. The molecule has 0 spiro atoms. The molecule has 6 nitrogen and oxygen atoms in total. The van der Waals surface area contributed by atoms with Gasteiger partial charge in [-0.05, 0) is 6.07 Å². The van der Waals surface area contributed by atoms with Gasteiger partial charge >= 0.3 is 0 Å². The molecule has 2 aliphatic rings. The summed E-state index contributed by atoms with van der Waals surface area (Å²) in [4.78, 5) is 31.2. The lowest BCUT2D eigenvalue weighted by Crippen LogP contribution is -2.41. The Morgan fingerprint density at radius 3 is 3.05 bits per heavy atom. The molecule has 2 fully saturated rings. The highest BCUT2D eigenvalue weighted by Gasteiger charge is 2.33. The van der Waals surface area contributed by atoms with Gasteiger partial charge in [-0.1, -0.05) is 30.0 Å². The van der Waals surface area contributed by atoms with Crippen LogP contribution in [-0.2, 0) is 9.59 Å². The molecule has 116 valence electrons. The van der Waals surface area contributed by atoms with Crippen LogP contribution in [0, 0.1) is 0 Å². The predicted molar refractivity (Wildman–Crippen MR) is 86.6 cm³/mol. The van der Waals surface area contributed by atoms with Crippen molar-refractivity contribution in [1.82, 2.24) is 14.8 Å². The van der Waals surface area contributed by atoms with E-state index in [0.29, 0.717) is 29.0 Å². The maximum Gasteiger partial charge on any atom is 0.242 e. The van der Waals surface area contributed by atoms with Crippen molar-refractivity contribution in [3.8, 4) is 5.88 Å². The molecule has 0 aromatic carbocycles. The molecule has 0 aliphatic carbocycles. The number of hydrogen-bond acceptors (Lipinski definition) is 6. The van der Waals surface area contributed by atoms with E-state index in [1.54, 1.807) is 17.2 Å². The minimum Gasteiger partial charge on any atom is -0.472 e. The average Bonchev–Trinajstić information content (AvgIpc) is 3.10. The van der Waals surface area contributed by atoms with Crippen LogP contribution in [0.5, 0.6) is 5.88 Å². The SMILES string of the molecule is O=C(CN1C(=O)CSC1=S)N1CCC(Oc2ccccn2)C1. The number of thioether (sulfide) groups is 1. The zero-order chi connectivity index (χ0) is 15.5. The largest absolute Gasteiger partial charge is 0.472 e. The van der Waals surface area contributed by atoms with Crippen LogP contribution in [0.15, 0.2) is 24.4 Å². The highest BCUT2D eigenvalue weighted by Crippen LogP contribution is 2.21. The molecule has 1 atom stereocenters. The number of ether oxygens (including phenoxy) is 1. The molecule has 3 rings (SSSR count). The Morgan fingerprint density at radius 2 is 2.36 bits per heavy atom. The lowest BCUT2D eigenvalue weighted by atomic mass is 10.3. The second kappa shape index (κ2) is 6.62. The van der Waals surface area contributed by atoms with E-state index in [4.69, 9.17) is 17.0 Å². The van der Waals surface area contributed by atoms with Crippen molar-refractivity contribution >= 4 is 40.1 Å². The summed E-state index contributed by atoms with van der Waals surface area (Å²) >= 11 is 6.39. The maximum absolute atomic E-state index is 12.3. The van der Waals surface area contributed by atoms with Gasteiger partial charge in [0.15, 0.2) is 0 Å². The molecule has 8 heteroatoms. The maximum atomic E-state index is 12.3. The van der Waals surface area contributed by atoms with Gasteiger partial charge in [-0.3, -0.25) is 14.5 Å². The third-order valence-corrected chi connectivity index (χ3v) is 4.99. The molecular formula is C14H15N3O3S2. The minimum absolute atomic E-state index is 0.0287. The second-order valence-electron chi connectivity index (χ2n) is 5.07. The fourth-order valence-corrected chi connectivity index (χ4v) is 3.48. The van der Waals surface area contributed by atoms with Crippen molar-refractivity contribution in [2.24, 2.45) is 0 Å². The van der Waals surface area contributed by atoms with E-state index in [1.165, 1.54) is 16.7 Å². The van der Waals surface area contributed by atoms with Crippen LogP contribution in [0.2, 0.25) is 0 Å². The molecule has 3 heterocycles. The third kappa shape index (κ3) is 3.38. The molecule has 2 amide bonds. The molecule has 0 N–H and O–H groups in total. The summed E-state index contributed by atoms with van der Waals surface area (Å²) in [7, 11) is 0. The third-order valence-electron chi connectivity index (χ3n) is 3.56. The van der Waals surface area contributed by atoms with Gasteiger partial charge in [-0.2, -0.15) is 0 Å². The van der Waals surface area contributed by atoms with E-state index in [9.17, 15) is 9.59 Å². The van der Waals surface area contributed by atoms with Crippen LogP contribution < -0.4 is 4.74 Å². The first-order valence-electron chi connectivity index (χ1n) is 6.96. The Hall–Kier alpha value is -1.67. The van der Waals surface area contributed by atoms with E-state index in [0.717, 1.165) is 6.42 Å². The van der Waals surface area contributed by atoms with Crippen molar-refractivity contribution in [2.75, 3.05) is 25.4 Å². The number of rotatable bonds is 4. The number of carbonyl (C=O) groups is 2. The van der Waals surface area contributed by atoms with Crippen LogP contribution >= 0.6 is 24.0 Å². The van der Waals surface area contributed by atoms with Crippen LogP contribution in [0.25, 0.3) is 0 Å². The van der Waals surface area contributed by atoms with Crippen molar-refractivity contribution < 1.29 is 14.3 Å². The summed E-state index contributed by atoms with van der Waals surface area (Å²) in [5.41, 5.74) is 0. The summed E-state index contributed by atoms with van der Waals surface area (Å²) in [6.07, 6.45) is 2.37. The quantitative estimate of drug-likeness (QED) is 0.762. The Balaban J connectivity index is 1.53. The zero-order valence-electron chi connectivity index (χ0n) is 11.8. The first kappa shape index (κ1) is 15.2. The van der Waals surface area contributed by atoms with Crippen LogP contribution in [-0.4, -0.2) is 62.4 Å². The van der Waals surface area contributed by atoms with Crippen LogP contribution in [0.1, 0.15) is 6.42 Å². The molecule has 22 heavy (non-hydrogen) atoms. The van der Waals surface area contributed by atoms with Gasteiger partial charge in [0.1, 0.15) is 17.0 Å². The van der Waals surface area contributed by atoms with Crippen LogP contribution in [0.4, 0.5) is 0 Å². The van der Waals surface area contributed by atoms with E-state index in [1.807, 2.05) is 12.1 Å². The molecule has 1 aromatic rings. The van der Waals surface area contributed by atoms with Crippen molar-refractivity contribution in [1.29, 1.82) is 0 Å². The molecule has 1 aromatic heterocycles. The Labute approximate surface area is 137 Å². The summed E-state index contributed by atoms with van der Waals surface area (Å²) in [6.45, 7) is 1.16. The van der Waals surface area contributed by atoms with Crippen molar-refractivity contribution in [3.05, 3.63) is 24.4 Å². The fraction of sp³-hybridized carbons (Fsp3) is 0.429. The Bertz CT molecular complexity index is 580. The Kier molecular flexibility index (Phi) is 4.58. The van der Waals surface area contributed by atoms with Gasteiger partial charge in [-0.15, -0.1) is 0 Å². The molecule has 0 radical (unpaired) electrons. The highest BCUT2D eigenvalue weighted by molar-refractivity contribution is 8.23. The number of hydrogen-bond donors (Lipinski definition) is 0. The predicted octanol–water partition coefficient (Wildman–Crippen LogP) is 0.922. The average molecular weight is 337 g/mol. The number of carbonyl (C=O) groups excluding carboxylic acids is 2. The first-order chi connectivity index (χ1) is 10.6. The van der Waals surface area contributed by atoms with E-state index in [-0.39, 0.29) is 24.5 Å². The number of nitrogens with zero attached hydrogens (tertiary/aromatic N) is 3. The fourth-order valence-electron chi connectivity index (χ4n) is 2.41. The topological polar surface area (TPSA) is 62.7 Å². The minimum atomic E-state index is -0.0937. The second-order valence-corrected chi connectivity index (χ2v) is 6.68. The van der Waals surface area contributed by atoms with Crippen LogP contribution in [0.3, 0.4) is 0 Å². The number of thiocarbonyl (C=S) groups is 1. The smallest absolute Gasteiger partial charge is 0.242 e. The molecule has 1 unspecified atom stereocenters. The molecule has 2 aliphatic heterocycles. The number of likely N-dealkylation sites (tertiary alicyclic amines) is 1. The molecule has 0 bridgehead atoms. The summed E-state index contributed by atoms with van der Waals surface area (Å²) in [5.74, 6) is 0.709. The van der Waals surface area contributed by atoms with E-state index >= 15 is 0 Å². The van der Waals surface area contributed by atoms with Gasteiger partial charge in [-0.25, -0.2) is 4.98 Å². The van der Waals surface area contributed by atoms with Gasteiger partial charge in [0, 0.05) is 25.2 Å². The lowest BCUT2D eigenvalue weighted by Gasteiger charge is -2.20. The first-order valence-corrected chi connectivity index (χ1v) is 8.35. The number of aromatic nitrogens is 1. The van der Waals surface area contributed by atoms with Crippen molar-refractivity contribution in [2.45, 2.75) is 12.5 Å². The van der Waals surface area contributed by atoms with E-state index < -0.39 is 0 Å². The van der Waals surface area contributed by atoms with Gasteiger partial charge in [0.2, 0.25) is 17.7 Å². The summed E-state index contributed by atoms with van der Waals surface area (Å²) in [5, 5.41) is 0. The lowest BCUT2D eigenvalue weighted by molar-refractivity contribution is -0.135. The number of amides is 2. The highest BCUT2D eigenvalue weighted by atomic mass is 32.2. The number of pyridine rings is 1. The standard InChI is InChI=1S/C14H15N3O3S2/c18-12(8-17-13(19)9-22-14(17)21)16-6-4-10(7-16)20-11-3-1-2-5-15-11/h1-3,5,10H,4,6-9H2.